The number of carbonyl (C=O) groups excluding carboxylic acids is 1. The molecule has 2 unspecified atom stereocenters. The maximum absolute atomic E-state index is 12.7. The van der Waals surface area contributed by atoms with Crippen molar-refractivity contribution < 1.29 is 22.6 Å². The van der Waals surface area contributed by atoms with E-state index in [0.29, 0.717) is 12.2 Å². The van der Waals surface area contributed by atoms with Crippen LogP contribution in [0.1, 0.15) is 29.2 Å². The summed E-state index contributed by atoms with van der Waals surface area (Å²) in [5.41, 5.74) is 5.20. The third-order valence-corrected chi connectivity index (χ3v) is 6.86. The summed E-state index contributed by atoms with van der Waals surface area (Å²) in [6.07, 6.45) is 4.54. The molecule has 2 atom stereocenters. The molecule has 1 aliphatic rings. The van der Waals surface area contributed by atoms with Crippen molar-refractivity contribution in [3.8, 4) is 5.75 Å². The summed E-state index contributed by atoms with van der Waals surface area (Å²) >= 11 is 2.01. The molecule has 0 saturated carbocycles. The largest absolute Gasteiger partial charge is 0.497 e. The molecule has 2 N–H and O–H groups in total. The minimum atomic E-state index is -3.64. The van der Waals surface area contributed by atoms with Crippen molar-refractivity contribution in [2.75, 3.05) is 7.11 Å². The van der Waals surface area contributed by atoms with Gasteiger partial charge in [0.15, 0.2) is 0 Å². The van der Waals surface area contributed by atoms with E-state index in [1.165, 1.54) is 25.3 Å². The van der Waals surface area contributed by atoms with Crippen molar-refractivity contribution in [2.45, 2.75) is 23.8 Å². The molecule has 2 aromatic carbocycles. The quantitative estimate of drug-likeness (QED) is 0.228. The molecule has 154 valence electrons. The number of halogens is 1. The van der Waals surface area contributed by atoms with Crippen LogP contribution in [0.2, 0.25) is 0 Å². The molecular weight excluding hydrogens is 526 g/mol. The standard InChI is InChI=1S/C19H20IN2O5PS/c1-26-15-5-7-16(8-6-15)29(24,25)22-18-10-4-14-12-13(2-9-17(14)18)3-11-19(23)21-27-28-20/h2-3,5-9,11-12,18,22,28H,4,10H2,1H3,(H,21,23)/b11-3+. The minimum Gasteiger partial charge on any atom is -0.497 e. The fourth-order valence-electron chi connectivity index (χ4n) is 3.15. The molecule has 0 bridgehead atoms. The molecule has 0 saturated heterocycles. The zero-order chi connectivity index (χ0) is 20.9. The molecular formula is C19H20IN2O5PS. The molecule has 29 heavy (non-hydrogen) atoms. The molecule has 0 heterocycles. The molecule has 0 fully saturated rings. The first-order chi connectivity index (χ1) is 13.9. The lowest BCUT2D eigenvalue weighted by Gasteiger charge is -2.15. The summed E-state index contributed by atoms with van der Waals surface area (Å²) in [4.78, 5) is 11.8. The number of amides is 1. The monoisotopic (exact) mass is 546 g/mol. The first kappa shape index (κ1) is 22.2. The number of aryl methyl sites for hydroxylation is 1. The number of methoxy groups -OCH3 is 1. The normalized spacial score (nSPS) is 16.4. The zero-order valence-electron chi connectivity index (χ0n) is 15.5. The van der Waals surface area contributed by atoms with Crippen LogP contribution >= 0.6 is 28.5 Å². The van der Waals surface area contributed by atoms with E-state index in [4.69, 9.17) is 9.36 Å². The lowest BCUT2D eigenvalue weighted by atomic mass is 10.0. The van der Waals surface area contributed by atoms with Gasteiger partial charge in [-0.05, 0) is 81.9 Å². The van der Waals surface area contributed by atoms with Gasteiger partial charge >= 0.3 is 0 Å². The summed E-state index contributed by atoms with van der Waals surface area (Å²) < 4.78 is 38.1. The number of ether oxygens (including phenoxy) is 1. The van der Waals surface area contributed by atoms with E-state index in [1.807, 2.05) is 40.2 Å². The smallest absolute Gasteiger partial charge is 0.267 e. The van der Waals surface area contributed by atoms with Gasteiger partial charge < -0.3 is 4.74 Å². The fourth-order valence-corrected chi connectivity index (χ4v) is 4.87. The molecule has 0 aliphatic heterocycles. The highest BCUT2D eigenvalue weighted by molar-refractivity contribution is 14.2. The topological polar surface area (TPSA) is 93.7 Å². The average Bonchev–Trinajstić information content (AvgIpc) is 3.12. The Morgan fingerprint density at radius 1 is 1.24 bits per heavy atom. The molecule has 0 radical (unpaired) electrons. The summed E-state index contributed by atoms with van der Waals surface area (Å²) in [6.45, 7) is 0.149. The number of carbonyl (C=O) groups is 1. The predicted molar refractivity (Wildman–Crippen MR) is 121 cm³/mol. The van der Waals surface area contributed by atoms with Gasteiger partial charge in [-0.25, -0.2) is 23.2 Å². The molecule has 0 spiro atoms. The van der Waals surface area contributed by atoms with Crippen molar-refractivity contribution in [3.05, 3.63) is 65.2 Å². The van der Waals surface area contributed by atoms with Crippen molar-refractivity contribution in [3.63, 3.8) is 0 Å². The number of sulfonamides is 1. The number of hydrogen-bond acceptors (Lipinski definition) is 5. The van der Waals surface area contributed by atoms with Crippen LogP contribution in [0.3, 0.4) is 0 Å². The van der Waals surface area contributed by atoms with Crippen LogP contribution in [0.5, 0.6) is 5.75 Å². The van der Waals surface area contributed by atoms with Gasteiger partial charge in [-0.15, -0.1) is 0 Å². The molecule has 1 amide bonds. The highest BCUT2D eigenvalue weighted by atomic mass is 127. The summed E-state index contributed by atoms with van der Waals surface area (Å²) in [7, 11) is -2.10. The van der Waals surface area contributed by atoms with E-state index in [0.717, 1.165) is 23.1 Å². The Kier molecular flexibility index (Phi) is 7.64. The van der Waals surface area contributed by atoms with Crippen LogP contribution < -0.4 is 14.9 Å². The van der Waals surface area contributed by atoms with E-state index in [-0.39, 0.29) is 23.3 Å². The minimum absolute atomic E-state index is 0.149. The van der Waals surface area contributed by atoms with Crippen LogP contribution in [0.15, 0.2) is 53.4 Å². The summed E-state index contributed by atoms with van der Waals surface area (Å²) in [5, 5.41) is 0. The molecule has 3 rings (SSSR count). The third-order valence-electron chi connectivity index (χ3n) is 4.53. The maximum atomic E-state index is 12.7. The summed E-state index contributed by atoms with van der Waals surface area (Å²) in [6, 6.07) is 11.8. The van der Waals surface area contributed by atoms with Crippen molar-refractivity contribution in [1.82, 2.24) is 10.2 Å². The Labute approximate surface area is 184 Å². The number of nitrogens with one attached hydrogen (secondary N) is 2. The van der Waals surface area contributed by atoms with E-state index >= 15 is 0 Å². The van der Waals surface area contributed by atoms with Gasteiger partial charge in [-0.1, -0.05) is 18.2 Å². The Balaban J connectivity index is 1.70. The maximum Gasteiger partial charge on any atom is 0.267 e. The Bertz CT molecular complexity index is 1010. The van der Waals surface area contributed by atoms with E-state index in [2.05, 4.69) is 10.2 Å². The molecule has 2 aromatic rings. The predicted octanol–water partition coefficient (Wildman–Crippen LogP) is 3.67. The Morgan fingerprint density at radius 2 is 2.00 bits per heavy atom. The van der Waals surface area contributed by atoms with Gasteiger partial charge in [-0.3, -0.25) is 4.79 Å². The van der Waals surface area contributed by atoms with Crippen LogP contribution in [0.25, 0.3) is 6.08 Å². The lowest BCUT2D eigenvalue weighted by Crippen LogP contribution is -2.27. The third kappa shape index (κ3) is 5.76. The van der Waals surface area contributed by atoms with Crippen LogP contribution in [0, 0.1) is 0 Å². The van der Waals surface area contributed by atoms with Gasteiger partial charge in [0.2, 0.25) is 10.0 Å². The summed E-state index contributed by atoms with van der Waals surface area (Å²) in [5.74, 6) is 0.269. The average molecular weight is 546 g/mol. The number of hydroxylamine groups is 1. The number of hydrogen-bond donors (Lipinski definition) is 2. The van der Waals surface area contributed by atoms with Gasteiger partial charge in [0, 0.05) is 12.1 Å². The van der Waals surface area contributed by atoms with Crippen LogP contribution in [-0.2, 0) is 25.9 Å². The van der Waals surface area contributed by atoms with Gasteiger partial charge in [0.05, 0.1) is 12.0 Å². The Hall–Kier alpha value is -1.52. The lowest BCUT2D eigenvalue weighted by molar-refractivity contribution is -0.122. The second kappa shape index (κ2) is 9.99. The highest BCUT2D eigenvalue weighted by Crippen LogP contribution is 2.33. The van der Waals surface area contributed by atoms with Crippen molar-refractivity contribution in [2.24, 2.45) is 0 Å². The van der Waals surface area contributed by atoms with Crippen LogP contribution in [-0.4, -0.2) is 21.4 Å². The highest BCUT2D eigenvalue weighted by Gasteiger charge is 2.27. The SMILES string of the molecule is COc1ccc(S(=O)(=O)NC2CCc3cc(/C=C/C(=O)NOPI)ccc32)cc1. The van der Waals surface area contributed by atoms with Crippen molar-refractivity contribution >= 4 is 50.5 Å². The van der Waals surface area contributed by atoms with Gasteiger partial charge in [0.1, 0.15) is 12.2 Å². The Morgan fingerprint density at radius 3 is 2.69 bits per heavy atom. The molecule has 10 heteroatoms. The fraction of sp³-hybridized carbons (Fsp3) is 0.211. The van der Waals surface area contributed by atoms with E-state index in [1.54, 1.807) is 18.2 Å². The zero-order valence-corrected chi connectivity index (χ0v) is 19.5. The first-order valence-electron chi connectivity index (χ1n) is 8.71. The molecule has 0 aromatic heterocycles. The first-order valence-corrected chi connectivity index (χ1v) is 14.2. The number of fused-ring (bicyclic) bond motifs is 1. The second-order valence-corrected chi connectivity index (χ2v) is 9.72. The second-order valence-electron chi connectivity index (χ2n) is 6.33. The van der Waals surface area contributed by atoms with Gasteiger partial charge in [0.25, 0.3) is 5.91 Å². The molecule has 1 aliphatic carbocycles. The molecule has 7 nitrogen and oxygen atoms in total. The van der Waals surface area contributed by atoms with Crippen molar-refractivity contribution in [1.29, 1.82) is 0 Å². The number of benzene rings is 2. The van der Waals surface area contributed by atoms with E-state index in [9.17, 15) is 13.2 Å². The van der Waals surface area contributed by atoms with E-state index < -0.39 is 10.0 Å². The number of rotatable bonds is 8. The van der Waals surface area contributed by atoms with Crippen LogP contribution in [0.4, 0.5) is 0 Å². The van der Waals surface area contributed by atoms with Gasteiger partial charge in [-0.2, -0.15) is 0 Å².